The minimum absolute atomic E-state index is 0.208. The summed E-state index contributed by atoms with van der Waals surface area (Å²) in [6.07, 6.45) is 0.618. The first-order valence-electron chi connectivity index (χ1n) is 5.15. The van der Waals surface area contributed by atoms with E-state index < -0.39 is 10.0 Å². The maximum atomic E-state index is 11.7. The second-order valence-electron chi connectivity index (χ2n) is 3.90. The van der Waals surface area contributed by atoms with Crippen molar-refractivity contribution >= 4 is 15.7 Å². The van der Waals surface area contributed by atoms with E-state index >= 15 is 0 Å². The average Bonchev–Trinajstić information content (AvgIpc) is 2.51. The molecule has 1 atom stereocenters. The Kier molecular flexibility index (Phi) is 2.82. The molecule has 1 heterocycles. The van der Waals surface area contributed by atoms with Crippen molar-refractivity contribution in [3.63, 3.8) is 0 Å². The van der Waals surface area contributed by atoms with Crippen LogP contribution in [-0.2, 0) is 10.0 Å². The Morgan fingerprint density at radius 2 is 2.06 bits per heavy atom. The molecule has 0 fully saturated rings. The van der Waals surface area contributed by atoms with Crippen molar-refractivity contribution in [3.8, 4) is 0 Å². The second-order valence-corrected chi connectivity index (χ2v) is 5.48. The third-order valence-corrected chi connectivity index (χ3v) is 4.07. The van der Waals surface area contributed by atoms with Crippen LogP contribution in [0.15, 0.2) is 33.6 Å². The Bertz CT molecular complexity index is 535. The van der Waals surface area contributed by atoms with Gasteiger partial charge in [0.1, 0.15) is 0 Å². The molecule has 1 aromatic carbocycles. The largest absolute Gasteiger partial charge is 0.317 e. The molecule has 0 bridgehead atoms. The van der Waals surface area contributed by atoms with Gasteiger partial charge in [0.25, 0.3) is 10.0 Å². The van der Waals surface area contributed by atoms with Gasteiger partial charge in [0, 0.05) is 18.0 Å². The molecule has 1 unspecified atom stereocenters. The van der Waals surface area contributed by atoms with E-state index in [1.54, 1.807) is 18.2 Å². The number of benzene rings is 1. The number of sulfonamides is 1. The number of nitrogens with one attached hydrogen (secondary N) is 1. The molecule has 0 saturated heterocycles. The minimum Gasteiger partial charge on any atom is -0.317 e. The molecule has 1 N–H and O–H groups in total. The molecule has 0 radical (unpaired) electrons. The van der Waals surface area contributed by atoms with Crippen LogP contribution in [0.5, 0.6) is 0 Å². The first-order chi connectivity index (χ1) is 7.54. The highest BCUT2D eigenvalue weighted by Gasteiger charge is 2.28. The average molecular weight is 238 g/mol. The van der Waals surface area contributed by atoms with Gasteiger partial charge in [0.2, 0.25) is 0 Å². The molecule has 0 aromatic heterocycles. The van der Waals surface area contributed by atoms with Gasteiger partial charge in [-0.15, -0.1) is 0 Å². The van der Waals surface area contributed by atoms with E-state index in [2.05, 4.69) is 9.71 Å². The Hall–Kier alpha value is -1.20. The van der Waals surface area contributed by atoms with Crippen LogP contribution in [0, 0.1) is 0 Å². The van der Waals surface area contributed by atoms with Crippen LogP contribution in [0.3, 0.4) is 0 Å². The molecule has 1 aliphatic heterocycles. The van der Waals surface area contributed by atoms with Gasteiger partial charge in [0.15, 0.2) is 0 Å². The Morgan fingerprint density at radius 1 is 1.38 bits per heavy atom. The lowest BCUT2D eigenvalue weighted by Crippen LogP contribution is -2.24. The van der Waals surface area contributed by atoms with E-state index in [1.165, 1.54) is 0 Å². The highest BCUT2D eigenvalue weighted by atomic mass is 32.2. The molecule has 1 aromatic rings. The van der Waals surface area contributed by atoms with Crippen LogP contribution in [0.1, 0.15) is 18.9 Å². The lowest BCUT2D eigenvalue weighted by atomic mass is 10.0. The third kappa shape index (κ3) is 1.88. The van der Waals surface area contributed by atoms with Crippen LogP contribution in [0.2, 0.25) is 0 Å². The van der Waals surface area contributed by atoms with Crippen molar-refractivity contribution in [2.24, 2.45) is 4.40 Å². The SMILES string of the molecule is CNC(C)CC1=NS(=O)(=O)c2ccccc21. The summed E-state index contributed by atoms with van der Waals surface area (Å²) in [6, 6.07) is 7.17. The van der Waals surface area contributed by atoms with Crippen molar-refractivity contribution in [1.29, 1.82) is 0 Å². The summed E-state index contributed by atoms with van der Waals surface area (Å²) < 4.78 is 27.3. The van der Waals surface area contributed by atoms with E-state index in [-0.39, 0.29) is 6.04 Å². The number of fused-ring (bicyclic) bond motifs is 1. The van der Waals surface area contributed by atoms with Crippen LogP contribution in [0.4, 0.5) is 0 Å². The van der Waals surface area contributed by atoms with Gasteiger partial charge in [-0.1, -0.05) is 18.2 Å². The second kappa shape index (κ2) is 3.99. The molecule has 4 nitrogen and oxygen atoms in total. The van der Waals surface area contributed by atoms with Crippen molar-refractivity contribution in [2.75, 3.05) is 7.05 Å². The topological polar surface area (TPSA) is 58.5 Å². The zero-order valence-corrected chi connectivity index (χ0v) is 10.1. The predicted octanol–water partition coefficient (Wildman–Crippen LogP) is 1.18. The normalized spacial score (nSPS) is 19.0. The van der Waals surface area contributed by atoms with Crippen LogP contribution in [0.25, 0.3) is 0 Å². The van der Waals surface area contributed by atoms with Crippen molar-refractivity contribution in [1.82, 2.24) is 5.32 Å². The molecule has 2 rings (SSSR count). The molecule has 86 valence electrons. The maximum Gasteiger partial charge on any atom is 0.283 e. The quantitative estimate of drug-likeness (QED) is 0.860. The zero-order chi connectivity index (χ0) is 11.8. The summed E-state index contributed by atoms with van der Waals surface area (Å²) in [6.45, 7) is 2.00. The number of hydrogen-bond acceptors (Lipinski definition) is 3. The van der Waals surface area contributed by atoms with Gasteiger partial charge >= 0.3 is 0 Å². The lowest BCUT2D eigenvalue weighted by molar-refractivity contribution is 0.599. The molecule has 0 amide bonds. The highest BCUT2D eigenvalue weighted by molar-refractivity contribution is 7.90. The molecule has 1 aliphatic rings. The van der Waals surface area contributed by atoms with Gasteiger partial charge in [-0.2, -0.15) is 12.8 Å². The van der Waals surface area contributed by atoms with Gasteiger partial charge in [-0.05, 0) is 20.0 Å². The fourth-order valence-electron chi connectivity index (χ4n) is 1.71. The predicted molar refractivity (Wildman–Crippen MR) is 63.3 cm³/mol. The van der Waals surface area contributed by atoms with Gasteiger partial charge in [-0.3, -0.25) is 0 Å². The molecular weight excluding hydrogens is 224 g/mol. The van der Waals surface area contributed by atoms with Crippen molar-refractivity contribution in [2.45, 2.75) is 24.3 Å². The molecule has 16 heavy (non-hydrogen) atoms. The van der Waals surface area contributed by atoms with E-state index in [0.717, 1.165) is 5.56 Å². The minimum atomic E-state index is -3.45. The van der Waals surface area contributed by atoms with Crippen LogP contribution < -0.4 is 5.32 Å². The molecule has 5 heteroatoms. The summed E-state index contributed by atoms with van der Waals surface area (Å²) in [5.74, 6) is 0. The van der Waals surface area contributed by atoms with E-state index in [1.807, 2.05) is 20.0 Å². The molecular formula is C11H14N2O2S. The van der Waals surface area contributed by atoms with Gasteiger partial charge in [-0.25, -0.2) is 0 Å². The summed E-state index contributed by atoms with van der Waals surface area (Å²) in [7, 11) is -1.60. The van der Waals surface area contributed by atoms with Gasteiger partial charge < -0.3 is 5.32 Å². The van der Waals surface area contributed by atoms with Crippen LogP contribution in [-0.4, -0.2) is 27.2 Å². The summed E-state index contributed by atoms with van der Waals surface area (Å²) in [5.41, 5.74) is 1.39. The lowest BCUT2D eigenvalue weighted by Gasteiger charge is -2.09. The summed E-state index contributed by atoms with van der Waals surface area (Å²) in [4.78, 5) is 0.327. The number of hydrogen-bond donors (Lipinski definition) is 1. The van der Waals surface area contributed by atoms with E-state index in [9.17, 15) is 8.42 Å². The van der Waals surface area contributed by atoms with E-state index in [4.69, 9.17) is 0 Å². The smallest absolute Gasteiger partial charge is 0.283 e. The first kappa shape index (κ1) is 11.3. The Balaban J connectivity index is 2.43. The monoisotopic (exact) mass is 238 g/mol. The molecule has 0 spiro atoms. The fourth-order valence-corrected chi connectivity index (χ4v) is 2.99. The molecule has 0 saturated carbocycles. The summed E-state index contributed by atoms with van der Waals surface area (Å²) in [5, 5.41) is 3.07. The van der Waals surface area contributed by atoms with Crippen LogP contribution >= 0.6 is 0 Å². The number of nitrogens with zero attached hydrogens (tertiary/aromatic N) is 1. The van der Waals surface area contributed by atoms with E-state index in [0.29, 0.717) is 17.0 Å². The standard InChI is InChI=1S/C11H14N2O2S/c1-8(12-2)7-10-9-5-3-4-6-11(9)16(14,15)13-10/h3-6,8,12H,7H2,1-2H3. The van der Waals surface area contributed by atoms with Gasteiger partial charge in [0.05, 0.1) is 10.6 Å². The maximum absolute atomic E-state index is 11.7. The number of rotatable bonds is 3. The fraction of sp³-hybridized carbons (Fsp3) is 0.364. The Labute approximate surface area is 95.5 Å². The van der Waals surface area contributed by atoms with Crippen molar-refractivity contribution in [3.05, 3.63) is 29.8 Å². The Morgan fingerprint density at radius 3 is 2.75 bits per heavy atom. The van der Waals surface area contributed by atoms with Crippen molar-refractivity contribution < 1.29 is 8.42 Å². The third-order valence-electron chi connectivity index (χ3n) is 2.70. The zero-order valence-electron chi connectivity index (χ0n) is 9.27. The molecule has 0 aliphatic carbocycles. The summed E-state index contributed by atoms with van der Waals surface area (Å²) >= 11 is 0. The highest BCUT2D eigenvalue weighted by Crippen LogP contribution is 2.27. The first-order valence-corrected chi connectivity index (χ1v) is 6.59.